The molecule has 3 rings (SSSR count). The van der Waals surface area contributed by atoms with E-state index in [2.05, 4.69) is 27.3 Å². The number of aromatic nitrogens is 2. The summed E-state index contributed by atoms with van der Waals surface area (Å²) in [7, 11) is 0. The van der Waals surface area contributed by atoms with E-state index in [1.165, 1.54) is 16.9 Å². The Kier molecular flexibility index (Phi) is 5.55. The summed E-state index contributed by atoms with van der Waals surface area (Å²) in [5.74, 6) is -0.172. The number of hydrogen-bond donors (Lipinski definition) is 1. The molecular formula is C17H22N4O2S. The van der Waals surface area contributed by atoms with Gasteiger partial charge in [-0.1, -0.05) is 41.2 Å². The topological polar surface area (TPSA) is 67.4 Å². The van der Waals surface area contributed by atoms with Crippen molar-refractivity contribution < 1.29 is 9.53 Å². The fourth-order valence-electron chi connectivity index (χ4n) is 2.60. The fraction of sp³-hybridized carbons (Fsp3) is 0.471. The Morgan fingerprint density at radius 1 is 1.38 bits per heavy atom. The number of benzene rings is 1. The third kappa shape index (κ3) is 4.59. The van der Waals surface area contributed by atoms with Gasteiger partial charge in [0.15, 0.2) is 0 Å². The molecule has 1 aromatic heterocycles. The zero-order chi connectivity index (χ0) is 16.9. The van der Waals surface area contributed by atoms with Gasteiger partial charge in [-0.3, -0.25) is 9.69 Å². The first-order valence-electron chi connectivity index (χ1n) is 8.10. The van der Waals surface area contributed by atoms with Gasteiger partial charge in [-0.2, -0.15) is 0 Å². The van der Waals surface area contributed by atoms with Crippen LogP contribution in [0.5, 0.6) is 0 Å². The number of nitrogens with zero attached hydrogens (tertiary/aromatic N) is 3. The molecule has 0 bridgehead atoms. The number of hydrogen-bond acceptors (Lipinski definition) is 6. The number of carbonyl (C=O) groups is 1. The Hall–Kier alpha value is -1.83. The average molecular weight is 346 g/mol. The highest BCUT2D eigenvalue weighted by atomic mass is 32.1. The molecule has 6 nitrogen and oxygen atoms in total. The van der Waals surface area contributed by atoms with Crippen molar-refractivity contribution in [2.24, 2.45) is 0 Å². The molecule has 7 heteroatoms. The van der Waals surface area contributed by atoms with E-state index in [9.17, 15) is 4.79 Å². The molecule has 1 fully saturated rings. The van der Waals surface area contributed by atoms with E-state index in [4.69, 9.17) is 4.74 Å². The molecule has 1 N–H and O–H groups in total. The lowest BCUT2D eigenvalue weighted by Crippen LogP contribution is -2.40. The second-order valence-corrected chi connectivity index (χ2v) is 7.15. The van der Waals surface area contributed by atoms with Crippen LogP contribution in [0.25, 0.3) is 0 Å². The zero-order valence-corrected chi connectivity index (χ0v) is 14.8. The molecule has 0 saturated carbocycles. The largest absolute Gasteiger partial charge is 0.376 e. The van der Waals surface area contributed by atoms with Crippen LogP contribution in [0, 0.1) is 6.92 Å². The van der Waals surface area contributed by atoms with Crippen molar-refractivity contribution in [1.29, 1.82) is 0 Å². The quantitative estimate of drug-likeness (QED) is 0.897. The number of aryl methyl sites for hydroxylation is 1. The summed E-state index contributed by atoms with van der Waals surface area (Å²) in [5.41, 5.74) is 2.28. The van der Waals surface area contributed by atoms with E-state index < -0.39 is 0 Å². The molecule has 24 heavy (non-hydrogen) atoms. The number of morpholine rings is 1. The molecule has 0 radical (unpaired) electrons. The fourth-order valence-corrected chi connectivity index (χ4v) is 3.40. The molecule has 1 aliphatic rings. The molecule has 2 aromatic rings. The van der Waals surface area contributed by atoms with Gasteiger partial charge in [-0.05, 0) is 19.4 Å². The highest BCUT2D eigenvalue weighted by molar-refractivity contribution is 7.13. The predicted molar refractivity (Wildman–Crippen MR) is 92.9 cm³/mol. The van der Waals surface area contributed by atoms with Gasteiger partial charge in [0.1, 0.15) is 5.01 Å². The number of amides is 1. The van der Waals surface area contributed by atoms with E-state index in [-0.39, 0.29) is 12.0 Å². The van der Waals surface area contributed by atoms with Crippen LogP contribution in [0.4, 0.5) is 0 Å². The summed E-state index contributed by atoms with van der Waals surface area (Å²) in [6, 6.07) is 8.10. The minimum atomic E-state index is -0.172. The van der Waals surface area contributed by atoms with Crippen molar-refractivity contribution in [1.82, 2.24) is 20.4 Å². The molecule has 1 saturated heterocycles. The molecule has 2 heterocycles. The summed E-state index contributed by atoms with van der Waals surface area (Å²) < 4.78 is 5.53. The van der Waals surface area contributed by atoms with Gasteiger partial charge in [0.25, 0.3) is 5.91 Å². The van der Waals surface area contributed by atoms with Gasteiger partial charge in [-0.25, -0.2) is 0 Å². The maximum Gasteiger partial charge on any atom is 0.282 e. The summed E-state index contributed by atoms with van der Waals surface area (Å²) in [4.78, 5) is 14.5. The van der Waals surface area contributed by atoms with Crippen LogP contribution < -0.4 is 5.32 Å². The van der Waals surface area contributed by atoms with Gasteiger partial charge in [0, 0.05) is 19.6 Å². The lowest BCUT2D eigenvalue weighted by Gasteiger charge is -2.30. The first kappa shape index (κ1) is 17.0. The van der Waals surface area contributed by atoms with E-state index in [1.807, 2.05) is 31.2 Å². The van der Waals surface area contributed by atoms with Crippen molar-refractivity contribution in [2.75, 3.05) is 19.7 Å². The molecule has 0 unspecified atom stereocenters. The predicted octanol–water partition coefficient (Wildman–Crippen LogP) is 2.00. The van der Waals surface area contributed by atoms with E-state index in [1.54, 1.807) is 0 Å². The highest BCUT2D eigenvalue weighted by Crippen LogP contribution is 2.15. The number of rotatable bonds is 5. The third-order valence-corrected chi connectivity index (χ3v) is 4.83. The lowest BCUT2D eigenvalue weighted by atomic mass is 10.1. The number of carbonyl (C=O) groups excluding carboxylic acids is 1. The minimum Gasteiger partial charge on any atom is -0.376 e. The van der Waals surface area contributed by atoms with Crippen LogP contribution in [0.2, 0.25) is 0 Å². The monoisotopic (exact) mass is 346 g/mol. The summed E-state index contributed by atoms with van der Waals surface area (Å²) in [6.45, 7) is 7.83. The molecule has 128 valence electrons. The van der Waals surface area contributed by atoms with E-state index >= 15 is 0 Å². The van der Waals surface area contributed by atoms with Crippen molar-refractivity contribution in [3.05, 3.63) is 45.4 Å². The van der Waals surface area contributed by atoms with Crippen molar-refractivity contribution in [2.45, 2.75) is 33.0 Å². The smallest absolute Gasteiger partial charge is 0.282 e. The summed E-state index contributed by atoms with van der Waals surface area (Å²) in [6.07, 6.45) is 0.240. The SMILES string of the molecule is Cc1ccc(CNC(=O)c2nnc(CN3CCO[C@H](C)C3)s2)cc1. The number of nitrogens with one attached hydrogen (secondary N) is 1. The van der Waals surface area contributed by atoms with Gasteiger partial charge in [-0.15, -0.1) is 10.2 Å². The van der Waals surface area contributed by atoms with E-state index in [0.29, 0.717) is 11.6 Å². The summed E-state index contributed by atoms with van der Waals surface area (Å²) in [5, 5.41) is 12.3. The van der Waals surface area contributed by atoms with Gasteiger partial charge in [0.2, 0.25) is 5.01 Å². The second-order valence-electron chi connectivity index (χ2n) is 6.09. The highest BCUT2D eigenvalue weighted by Gasteiger charge is 2.19. The Balaban J connectivity index is 1.52. The van der Waals surface area contributed by atoms with Crippen LogP contribution in [0.1, 0.15) is 32.9 Å². The minimum absolute atomic E-state index is 0.172. The Morgan fingerprint density at radius 2 is 2.17 bits per heavy atom. The van der Waals surface area contributed by atoms with Crippen molar-refractivity contribution >= 4 is 17.2 Å². The first-order chi connectivity index (χ1) is 11.6. The normalized spacial score (nSPS) is 18.5. The number of ether oxygens (including phenoxy) is 1. The standard InChI is InChI=1S/C17H22N4O2S/c1-12-3-5-14(6-4-12)9-18-16(22)17-20-19-15(24-17)11-21-7-8-23-13(2)10-21/h3-6,13H,7-11H2,1-2H3,(H,18,22)/t13-/m1/s1. The van der Waals surface area contributed by atoms with Gasteiger partial charge < -0.3 is 10.1 Å². The van der Waals surface area contributed by atoms with Crippen molar-refractivity contribution in [3.8, 4) is 0 Å². The first-order valence-corrected chi connectivity index (χ1v) is 8.92. The summed E-state index contributed by atoms with van der Waals surface area (Å²) >= 11 is 1.36. The molecule has 1 aromatic carbocycles. The van der Waals surface area contributed by atoms with Crippen LogP contribution in [0.15, 0.2) is 24.3 Å². The maximum atomic E-state index is 12.2. The van der Waals surface area contributed by atoms with E-state index in [0.717, 1.165) is 36.8 Å². The van der Waals surface area contributed by atoms with Crippen LogP contribution in [-0.4, -0.2) is 46.8 Å². The Morgan fingerprint density at radius 3 is 2.92 bits per heavy atom. The van der Waals surface area contributed by atoms with Gasteiger partial charge in [0.05, 0.1) is 19.3 Å². The molecule has 0 aliphatic carbocycles. The molecule has 1 amide bonds. The second kappa shape index (κ2) is 7.83. The molecule has 1 aliphatic heterocycles. The van der Waals surface area contributed by atoms with Crippen molar-refractivity contribution in [3.63, 3.8) is 0 Å². The van der Waals surface area contributed by atoms with Crippen LogP contribution >= 0.6 is 11.3 Å². The third-order valence-electron chi connectivity index (χ3n) is 3.92. The maximum absolute atomic E-state index is 12.2. The van der Waals surface area contributed by atoms with Crippen LogP contribution in [-0.2, 0) is 17.8 Å². The van der Waals surface area contributed by atoms with Gasteiger partial charge >= 0.3 is 0 Å². The Labute approximate surface area is 145 Å². The lowest BCUT2D eigenvalue weighted by molar-refractivity contribution is -0.0212. The molecule has 0 spiro atoms. The molecular weight excluding hydrogens is 324 g/mol. The molecule has 1 atom stereocenters. The Bertz CT molecular complexity index is 686. The van der Waals surface area contributed by atoms with Crippen LogP contribution in [0.3, 0.4) is 0 Å². The zero-order valence-electron chi connectivity index (χ0n) is 14.0. The average Bonchev–Trinajstić information content (AvgIpc) is 3.03.